The Morgan fingerprint density at radius 2 is 2.08 bits per heavy atom. The number of nitrogens with one attached hydrogen (secondary N) is 2. The number of benzene rings is 2. The Hall–Kier alpha value is -3.55. The summed E-state index contributed by atoms with van der Waals surface area (Å²) in [6, 6.07) is 13.1. The Morgan fingerprint density at radius 1 is 1.25 bits per heavy atom. The topological polar surface area (TPSA) is 109 Å². The van der Waals surface area contributed by atoms with Gasteiger partial charge in [-0.2, -0.15) is 5.10 Å². The summed E-state index contributed by atoms with van der Waals surface area (Å²) in [5, 5.41) is 18.2. The lowest BCUT2D eigenvalue weighted by molar-refractivity contribution is -0.118. The van der Waals surface area contributed by atoms with Gasteiger partial charge >= 0.3 is 5.69 Å². The summed E-state index contributed by atoms with van der Waals surface area (Å²) in [5.74, 6) is -0.201. The first-order chi connectivity index (χ1) is 11.6. The highest BCUT2D eigenvalue weighted by atomic mass is 16.5. The number of carbonyl (C=O) groups excluding carboxylic acids is 1. The molecule has 8 heteroatoms. The second-order valence-electron chi connectivity index (χ2n) is 4.89. The molecule has 3 rings (SSSR count). The van der Waals surface area contributed by atoms with E-state index in [2.05, 4.69) is 15.5 Å². The van der Waals surface area contributed by atoms with E-state index in [0.717, 1.165) is 0 Å². The number of aromatic nitrogens is 3. The van der Waals surface area contributed by atoms with Crippen molar-refractivity contribution in [1.82, 2.24) is 14.8 Å². The molecule has 0 saturated carbocycles. The molecule has 0 radical (unpaired) electrons. The normalized spacial score (nSPS) is 10.3. The van der Waals surface area contributed by atoms with Gasteiger partial charge in [0.15, 0.2) is 18.1 Å². The summed E-state index contributed by atoms with van der Waals surface area (Å²) in [5.41, 5.74) is 0.695. The summed E-state index contributed by atoms with van der Waals surface area (Å²) in [6.45, 7) is -0.256. The minimum absolute atomic E-state index is 0.0355. The van der Waals surface area contributed by atoms with Crippen LogP contribution < -0.4 is 15.7 Å². The van der Waals surface area contributed by atoms with Crippen molar-refractivity contribution in [1.29, 1.82) is 0 Å². The van der Waals surface area contributed by atoms with Crippen LogP contribution in [0.3, 0.4) is 0 Å². The number of carbonyl (C=O) groups is 1. The van der Waals surface area contributed by atoms with E-state index in [1.807, 2.05) is 0 Å². The van der Waals surface area contributed by atoms with Crippen molar-refractivity contribution in [3.63, 3.8) is 0 Å². The van der Waals surface area contributed by atoms with Crippen LogP contribution in [0.5, 0.6) is 11.5 Å². The minimum atomic E-state index is -0.394. The summed E-state index contributed by atoms with van der Waals surface area (Å²) in [6.07, 6.45) is 1.35. The molecule has 0 saturated heterocycles. The Kier molecular flexibility index (Phi) is 4.28. The molecule has 3 aromatic rings. The van der Waals surface area contributed by atoms with Gasteiger partial charge < -0.3 is 15.2 Å². The molecular formula is C16H14N4O4. The van der Waals surface area contributed by atoms with Crippen LogP contribution in [0.25, 0.3) is 5.69 Å². The molecule has 0 aliphatic carbocycles. The molecule has 0 aliphatic rings. The van der Waals surface area contributed by atoms with Crippen LogP contribution in [0.4, 0.5) is 5.69 Å². The van der Waals surface area contributed by atoms with Gasteiger partial charge in [-0.25, -0.2) is 14.5 Å². The van der Waals surface area contributed by atoms with Gasteiger partial charge in [-0.05, 0) is 30.3 Å². The predicted molar refractivity (Wildman–Crippen MR) is 86.4 cm³/mol. The Morgan fingerprint density at radius 3 is 2.83 bits per heavy atom. The number of anilines is 1. The fourth-order valence-corrected chi connectivity index (χ4v) is 2.09. The van der Waals surface area contributed by atoms with Crippen LogP contribution in [-0.4, -0.2) is 32.4 Å². The molecule has 0 bridgehead atoms. The Labute approximate surface area is 136 Å². The number of hydrogen-bond acceptors (Lipinski definition) is 5. The molecule has 0 spiro atoms. The number of phenolic OH excluding ortho intramolecular Hbond substituents is 1. The van der Waals surface area contributed by atoms with E-state index < -0.39 is 5.91 Å². The average Bonchev–Trinajstić information content (AvgIpc) is 3.00. The lowest BCUT2D eigenvalue weighted by Crippen LogP contribution is -2.20. The van der Waals surface area contributed by atoms with Crippen LogP contribution in [0.15, 0.2) is 59.7 Å². The summed E-state index contributed by atoms with van der Waals surface area (Å²) >= 11 is 0. The zero-order valence-electron chi connectivity index (χ0n) is 12.5. The van der Waals surface area contributed by atoms with Gasteiger partial charge in [0.25, 0.3) is 5.91 Å². The molecule has 1 heterocycles. The van der Waals surface area contributed by atoms with Crippen molar-refractivity contribution in [3.05, 3.63) is 65.3 Å². The van der Waals surface area contributed by atoms with Crippen molar-refractivity contribution in [2.45, 2.75) is 0 Å². The molecule has 0 fully saturated rings. The highest BCUT2D eigenvalue weighted by Gasteiger charge is 2.08. The van der Waals surface area contributed by atoms with Gasteiger partial charge in [0.05, 0.1) is 5.69 Å². The maximum atomic E-state index is 12.0. The lowest BCUT2D eigenvalue weighted by Gasteiger charge is -2.09. The third kappa shape index (κ3) is 3.43. The average molecular weight is 326 g/mol. The fraction of sp³-hybridized carbons (Fsp3) is 0.0625. The largest absolute Gasteiger partial charge is 0.504 e. The molecule has 0 unspecified atom stereocenters. The van der Waals surface area contributed by atoms with E-state index in [1.54, 1.807) is 42.5 Å². The maximum Gasteiger partial charge on any atom is 0.347 e. The first-order valence-corrected chi connectivity index (χ1v) is 7.06. The molecule has 1 amide bonds. The zero-order valence-corrected chi connectivity index (χ0v) is 12.5. The van der Waals surface area contributed by atoms with Crippen molar-refractivity contribution in [2.24, 2.45) is 0 Å². The summed E-state index contributed by atoms with van der Waals surface area (Å²) < 4.78 is 6.57. The molecule has 1 aromatic heterocycles. The molecule has 0 aliphatic heterocycles. The van der Waals surface area contributed by atoms with Gasteiger partial charge in [0.1, 0.15) is 6.33 Å². The number of amides is 1. The summed E-state index contributed by atoms with van der Waals surface area (Å²) in [4.78, 5) is 23.5. The van der Waals surface area contributed by atoms with E-state index in [0.29, 0.717) is 11.4 Å². The third-order valence-corrected chi connectivity index (χ3v) is 3.18. The standard InChI is InChI=1S/C16H14N4O4/c21-13-6-1-2-7-14(13)24-9-15(22)18-11-4-3-5-12(8-11)20-10-17-19-16(20)23/h1-8,10,21H,9H2,(H,18,22)(H,19,23). The Bertz CT molecular complexity index is 916. The van der Waals surface area contributed by atoms with E-state index in [-0.39, 0.29) is 23.8 Å². The number of H-pyrrole nitrogens is 1. The molecule has 3 N–H and O–H groups in total. The Balaban J connectivity index is 1.66. The van der Waals surface area contributed by atoms with E-state index in [4.69, 9.17) is 4.74 Å². The first kappa shape index (κ1) is 15.3. The van der Waals surface area contributed by atoms with Crippen molar-refractivity contribution < 1.29 is 14.6 Å². The van der Waals surface area contributed by atoms with Crippen LogP contribution in [-0.2, 0) is 4.79 Å². The predicted octanol–water partition coefficient (Wildman–Crippen LogP) is 1.28. The highest BCUT2D eigenvalue weighted by Crippen LogP contribution is 2.24. The zero-order chi connectivity index (χ0) is 16.9. The van der Waals surface area contributed by atoms with Crippen LogP contribution in [0.2, 0.25) is 0 Å². The molecular weight excluding hydrogens is 312 g/mol. The molecule has 2 aromatic carbocycles. The number of rotatable bonds is 5. The van der Waals surface area contributed by atoms with E-state index in [1.165, 1.54) is 17.0 Å². The number of nitrogens with zero attached hydrogens (tertiary/aromatic N) is 2. The lowest BCUT2D eigenvalue weighted by atomic mass is 10.2. The number of hydrogen-bond donors (Lipinski definition) is 3. The van der Waals surface area contributed by atoms with Gasteiger partial charge in [-0.15, -0.1) is 0 Å². The number of para-hydroxylation sites is 2. The fourth-order valence-electron chi connectivity index (χ4n) is 2.09. The van der Waals surface area contributed by atoms with Crippen molar-refractivity contribution >= 4 is 11.6 Å². The molecule has 8 nitrogen and oxygen atoms in total. The van der Waals surface area contributed by atoms with E-state index in [9.17, 15) is 14.7 Å². The van der Waals surface area contributed by atoms with Gasteiger partial charge in [0.2, 0.25) is 0 Å². The monoisotopic (exact) mass is 326 g/mol. The van der Waals surface area contributed by atoms with E-state index >= 15 is 0 Å². The summed E-state index contributed by atoms with van der Waals surface area (Å²) in [7, 11) is 0. The number of ether oxygens (including phenoxy) is 1. The molecule has 24 heavy (non-hydrogen) atoms. The van der Waals surface area contributed by atoms with Gasteiger partial charge in [0, 0.05) is 5.69 Å². The quantitative estimate of drug-likeness (QED) is 0.654. The van der Waals surface area contributed by atoms with Gasteiger partial charge in [-0.3, -0.25) is 4.79 Å². The second kappa shape index (κ2) is 6.69. The smallest absolute Gasteiger partial charge is 0.347 e. The van der Waals surface area contributed by atoms with Crippen LogP contribution >= 0.6 is 0 Å². The second-order valence-corrected chi connectivity index (χ2v) is 4.89. The minimum Gasteiger partial charge on any atom is -0.504 e. The first-order valence-electron chi connectivity index (χ1n) is 7.06. The van der Waals surface area contributed by atoms with Crippen LogP contribution in [0, 0.1) is 0 Å². The number of aromatic hydroxyl groups is 1. The van der Waals surface area contributed by atoms with Gasteiger partial charge in [-0.1, -0.05) is 18.2 Å². The molecule has 0 atom stereocenters. The maximum absolute atomic E-state index is 12.0. The van der Waals surface area contributed by atoms with Crippen molar-refractivity contribution in [3.8, 4) is 17.2 Å². The van der Waals surface area contributed by atoms with Crippen molar-refractivity contribution in [2.75, 3.05) is 11.9 Å². The third-order valence-electron chi connectivity index (χ3n) is 3.18. The highest BCUT2D eigenvalue weighted by molar-refractivity contribution is 5.92. The SMILES string of the molecule is O=C(COc1ccccc1O)Nc1cccc(-n2cn[nH]c2=O)c1. The number of phenols is 1. The van der Waals surface area contributed by atoms with Crippen LogP contribution in [0.1, 0.15) is 0 Å². The molecule has 122 valence electrons. The number of aromatic amines is 1.